The minimum Gasteiger partial charge on any atom is -0.356 e. The average Bonchev–Trinajstić information content (AvgIpc) is 2.31. The highest BCUT2D eigenvalue weighted by Gasteiger charge is 1.97. The first-order valence-electron chi connectivity index (χ1n) is 5.37. The Balaban J connectivity index is 2.11. The summed E-state index contributed by atoms with van der Waals surface area (Å²) in [5.74, 6) is 0.807. The maximum Gasteiger partial charge on any atom is 0.219 e. The van der Waals surface area contributed by atoms with Crippen LogP contribution >= 0.6 is 11.8 Å². The van der Waals surface area contributed by atoms with Crippen LogP contribution in [0, 0.1) is 5.82 Å². The van der Waals surface area contributed by atoms with Gasteiger partial charge in [-0.1, -0.05) is 6.92 Å². The SMILES string of the molecule is CCC(=O)NCCCSc1ccc(F)cc1. The summed E-state index contributed by atoms with van der Waals surface area (Å²) in [6.45, 7) is 2.55. The van der Waals surface area contributed by atoms with Gasteiger partial charge in [0.2, 0.25) is 5.91 Å². The van der Waals surface area contributed by atoms with Crippen molar-refractivity contribution in [3.8, 4) is 0 Å². The topological polar surface area (TPSA) is 29.1 Å². The molecule has 1 aromatic carbocycles. The van der Waals surface area contributed by atoms with Crippen molar-refractivity contribution in [1.29, 1.82) is 0 Å². The molecule has 0 aliphatic heterocycles. The number of nitrogens with one attached hydrogen (secondary N) is 1. The van der Waals surface area contributed by atoms with E-state index in [1.807, 2.05) is 6.92 Å². The number of rotatable bonds is 6. The Bertz CT molecular complexity index is 326. The monoisotopic (exact) mass is 241 g/mol. The van der Waals surface area contributed by atoms with Crippen molar-refractivity contribution in [2.24, 2.45) is 0 Å². The molecule has 0 aliphatic carbocycles. The Kier molecular flexibility index (Phi) is 5.93. The van der Waals surface area contributed by atoms with Gasteiger partial charge in [-0.2, -0.15) is 0 Å². The van der Waals surface area contributed by atoms with Gasteiger partial charge in [-0.15, -0.1) is 11.8 Å². The first-order valence-corrected chi connectivity index (χ1v) is 6.36. The van der Waals surface area contributed by atoms with Crippen LogP contribution in [0.5, 0.6) is 0 Å². The van der Waals surface area contributed by atoms with Gasteiger partial charge in [0.15, 0.2) is 0 Å². The van der Waals surface area contributed by atoms with Crippen LogP contribution in [-0.2, 0) is 4.79 Å². The zero-order valence-electron chi connectivity index (χ0n) is 9.33. The highest BCUT2D eigenvalue weighted by molar-refractivity contribution is 7.99. The van der Waals surface area contributed by atoms with Crippen LogP contribution in [0.4, 0.5) is 4.39 Å². The third-order valence-electron chi connectivity index (χ3n) is 2.05. The van der Waals surface area contributed by atoms with Crippen LogP contribution in [0.15, 0.2) is 29.2 Å². The Morgan fingerprint density at radius 3 is 2.69 bits per heavy atom. The molecule has 1 N–H and O–H groups in total. The summed E-state index contributed by atoms with van der Waals surface area (Å²) in [5.41, 5.74) is 0. The number of thioether (sulfide) groups is 1. The first kappa shape index (κ1) is 13.0. The summed E-state index contributed by atoms with van der Waals surface area (Å²) in [4.78, 5) is 12.0. The molecule has 0 radical (unpaired) electrons. The summed E-state index contributed by atoms with van der Waals surface area (Å²) in [6, 6.07) is 6.46. The predicted molar refractivity (Wildman–Crippen MR) is 65.0 cm³/mol. The van der Waals surface area contributed by atoms with E-state index in [1.54, 1.807) is 23.9 Å². The third-order valence-corrected chi connectivity index (χ3v) is 3.15. The molecule has 4 heteroatoms. The van der Waals surface area contributed by atoms with Gasteiger partial charge in [-0.25, -0.2) is 4.39 Å². The lowest BCUT2D eigenvalue weighted by Gasteiger charge is -2.03. The summed E-state index contributed by atoms with van der Waals surface area (Å²) in [7, 11) is 0. The van der Waals surface area contributed by atoms with E-state index in [4.69, 9.17) is 0 Å². The zero-order valence-corrected chi connectivity index (χ0v) is 10.1. The summed E-state index contributed by atoms with van der Waals surface area (Å²) >= 11 is 1.67. The predicted octanol–water partition coefficient (Wildman–Crippen LogP) is 2.83. The summed E-state index contributed by atoms with van der Waals surface area (Å²) in [6.07, 6.45) is 1.46. The molecule has 0 unspecified atom stereocenters. The van der Waals surface area contributed by atoms with Crippen LogP contribution in [0.1, 0.15) is 19.8 Å². The zero-order chi connectivity index (χ0) is 11.8. The van der Waals surface area contributed by atoms with Crippen LogP contribution < -0.4 is 5.32 Å². The second-order valence-electron chi connectivity index (χ2n) is 3.36. The molecule has 0 aromatic heterocycles. The number of carbonyl (C=O) groups excluding carboxylic acids is 1. The second-order valence-corrected chi connectivity index (χ2v) is 4.53. The van der Waals surface area contributed by atoms with Crippen molar-refractivity contribution in [2.45, 2.75) is 24.7 Å². The highest BCUT2D eigenvalue weighted by Crippen LogP contribution is 2.18. The lowest BCUT2D eigenvalue weighted by Crippen LogP contribution is -2.23. The first-order chi connectivity index (χ1) is 7.72. The smallest absolute Gasteiger partial charge is 0.219 e. The van der Waals surface area contributed by atoms with Crippen molar-refractivity contribution in [3.05, 3.63) is 30.1 Å². The molecule has 0 aliphatic rings. The number of hydrogen-bond donors (Lipinski definition) is 1. The Morgan fingerprint density at radius 2 is 2.06 bits per heavy atom. The largest absolute Gasteiger partial charge is 0.356 e. The van der Waals surface area contributed by atoms with Gasteiger partial charge < -0.3 is 5.32 Å². The van der Waals surface area contributed by atoms with Gasteiger partial charge in [0, 0.05) is 17.9 Å². The average molecular weight is 241 g/mol. The van der Waals surface area contributed by atoms with E-state index in [0.29, 0.717) is 13.0 Å². The molecular formula is C12H16FNOS. The van der Waals surface area contributed by atoms with Crippen molar-refractivity contribution in [2.75, 3.05) is 12.3 Å². The van der Waals surface area contributed by atoms with Gasteiger partial charge in [0.1, 0.15) is 5.82 Å². The van der Waals surface area contributed by atoms with Gasteiger partial charge in [0.25, 0.3) is 0 Å². The maximum absolute atomic E-state index is 12.6. The molecule has 1 rings (SSSR count). The second kappa shape index (κ2) is 7.28. The van der Waals surface area contributed by atoms with Gasteiger partial charge >= 0.3 is 0 Å². The van der Waals surface area contributed by atoms with E-state index in [2.05, 4.69) is 5.32 Å². The molecule has 88 valence electrons. The quantitative estimate of drug-likeness (QED) is 0.613. The Morgan fingerprint density at radius 1 is 1.38 bits per heavy atom. The van der Waals surface area contributed by atoms with Gasteiger partial charge in [0.05, 0.1) is 0 Å². The van der Waals surface area contributed by atoms with Crippen LogP contribution in [0.2, 0.25) is 0 Å². The van der Waals surface area contributed by atoms with E-state index in [1.165, 1.54) is 12.1 Å². The molecule has 2 nitrogen and oxygen atoms in total. The van der Waals surface area contributed by atoms with Crippen LogP contribution in [0.3, 0.4) is 0 Å². The fourth-order valence-corrected chi connectivity index (χ4v) is 2.00. The minimum atomic E-state index is -0.209. The molecule has 1 aromatic rings. The van der Waals surface area contributed by atoms with Crippen LogP contribution in [0.25, 0.3) is 0 Å². The molecule has 16 heavy (non-hydrogen) atoms. The third kappa shape index (κ3) is 5.16. The molecular weight excluding hydrogens is 225 g/mol. The van der Waals surface area contributed by atoms with Gasteiger partial charge in [-0.3, -0.25) is 4.79 Å². The Hall–Kier alpha value is -1.03. The van der Waals surface area contributed by atoms with E-state index < -0.39 is 0 Å². The minimum absolute atomic E-state index is 0.0896. The molecule has 0 heterocycles. The van der Waals surface area contributed by atoms with Crippen molar-refractivity contribution >= 4 is 17.7 Å². The lowest BCUT2D eigenvalue weighted by atomic mass is 10.4. The molecule has 0 atom stereocenters. The fraction of sp³-hybridized carbons (Fsp3) is 0.417. The van der Waals surface area contributed by atoms with Crippen LogP contribution in [-0.4, -0.2) is 18.2 Å². The molecule has 0 bridgehead atoms. The number of amides is 1. The normalized spacial score (nSPS) is 10.1. The molecule has 0 saturated carbocycles. The summed E-state index contributed by atoms with van der Waals surface area (Å²) < 4.78 is 12.6. The molecule has 1 amide bonds. The number of carbonyl (C=O) groups is 1. The summed E-state index contributed by atoms with van der Waals surface area (Å²) in [5, 5.41) is 2.82. The van der Waals surface area contributed by atoms with Gasteiger partial charge in [-0.05, 0) is 36.4 Å². The number of halogens is 1. The maximum atomic E-state index is 12.6. The van der Waals surface area contributed by atoms with Crippen molar-refractivity contribution < 1.29 is 9.18 Å². The molecule has 0 spiro atoms. The molecule has 0 saturated heterocycles. The fourth-order valence-electron chi connectivity index (χ4n) is 1.15. The standard InChI is InChI=1S/C12H16FNOS/c1-2-12(15)14-8-3-9-16-11-6-4-10(13)5-7-11/h4-7H,2-3,8-9H2,1H3,(H,14,15). The Labute approximate surface area is 99.6 Å². The molecule has 0 fully saturated rings. The van der Waals surface area contributed by atoms with E-state index in [0.717, 1.165) is 17.1 Å². The number of hydrogen-bond acceptors (Lipinski definition) is 2. The van der Waals surface area contributed by atoms with E-state index >= 15 is 0 Å². The highest BCUT2D eigenvalue weighted by atomic mass is 32.2. The van der Waals surface area contributed by atoms with Crippen molar-refractivity contribution in [3.63, 3.8) is 0 Å². The van der Waals surface area contributed by atoms with E-state index in [-0.39, 0.29) is 11.7 Å². The lowest BCUT2D eigenvalue weighted by molar-refractivity contribution is -0.120. The van der Waals surface area contributed by atoms with Crippen molar-refractivity contribution in [1.82, 2.24) is 5.32 Å². The number of benzene rings is 1. The van der Waals surface area contributed by atoms with E-state index in [9.17, 15) is 9.18 Å².